The first-order valence-corrected chi connectivity index (χ1v) is 6.01. The van der Waals surface area contributed by atoms with Crippen molar-refractivity contribution in [1.82, 2.24) is 4.98 Å². The number of hydrogen-bond donors (Lipinski definition) is 1. The van der Waals surface area contributed by atoms with Gasteiger partial charge in [-0.1, -0.05) is 30.7 Å². The summed E-state index contributed by atoms with van der Waals surface area (Å²) in [5, 5.41) is 1.32. The molecule has 0 unspecified atom stereocenters. The largest absolute Gasteiger partial charge is 0.389 e. The zero-order valence-electron chi connectivity index (χ0n) is 7.79. The van der Waals surface area contributed by atoms with Crippen molar-refractivity contribution in [2.75, 3.05) is 5.75 Å². The van der Waals surface area contributed by atoms with Crippen LogP contribution in [0.5, 0.6) is 0 Å². The Labute approximate surface area is 98.2 Å². The van der Waals surface area contributed by atoms with Crippen molar-refractivity contribution in [2.24, 2.45) is 5.73 Å². The summed E-state index contributed by atoms with van der Waals surface area (Å²) in [6.07, 6.45) is 1.10. The molecule has 0 aliphatic rings. The maximum Gasteiger partial charge on any atom is 0.131 e. The van der Waals surface area contributed by atoms with Crippen LogP contribution in [0.3, 0.4) is 0 Å². The maximum absolute atomic E-state index is 5.83. The van der Waals surface area contributed by atoms with Gasteiger partial charge in [-0.15, -0.1) is 11.8 Å². The summed E-state index contributed by atoms with van der Waals surface area (Å²) in [5.41, 5.74) is 6.29. The van der Waals surface area contributed by atoms with Gasteiger partial charge in [-0.05, 0) is 24.3 Å². The van der Waals surface area contributed by atoms with Crippen molar-refractivity contribution < 1.29 is 0 Å². The molecule has 2 N–H and O–H groups in total. The number of nitrogens with two attached hydrogens (primary N) is 1. The zero-order chi connectivity index (χ0) is 10.6. The summed E-state index contributed by atoms with van der Waals surface area (Å²) in [4.78, 5) is 4.52. The molecular formula is C9H11ClN2S2. The van der Waals surface area contributed by atoms with Gasteiger partial charge in [0.2, 0.25) is 0 Å². The van der Waals surface area contributed by atoms with Gasteiger partial charge in [0.25, 0.3) is 0 Å². The molecule has 0 aliphatic carbocycles. The molecule has 0 aliphatic heterocycles. The molecule has 0 bridgehead atoms. The van der Waals surface area contributed by atoms with Crippen LogP contribution in [0.4, 0.5) is 0 Å². The smallest absolute Gasteiger partial charge is 0.131 e. The fourth-order valence-corrected chi connectivity index (χ4v) is 2.06. The van der Waals surface area contributed by atoms with E-state index in [0.29, 0.717) is 10.1 Å². The quantitative estimate of drug-likeness (QED) is 0.504. The minimum Gasteiger partial charge on any atom is -0.389 e. The molecule has 0 aromatic carbocycles. The summed E-state index contributed by atoms with van der Waals surface area (Å²) in [5.74, 6) is 1.02. The molecule has 0 amide bonds. The van der Waals surface area contributed by atoms with Crippen LogP contribution in [0, 0.1) is 0 Å². The lowest BCUT2D eigenvalue weighted by molar-refractivity contribution is 1.08. The fraction of sp³-hybridized carbons (Fsp3) is 0.333. The van der Waals surface area contributed by atoms with E-state index < -0.39 is 0 Å². The number of thiocarbonyl (C=S) groups is 1. The highest BCUT2D eigenvalue weighted by atomic mass is 35.5. The predicted molar refractivity (Wildman–Crippen MR) is 66.1 cm³/mol. The first kappa shape index (κ1) is 11.8. The average Bonchev–Trinajstić information content (AvgIpc) is 2.14. The Morgan fingerprint density at radius 1 is 1.64 bits per heavy atom. The molecule has 0 spiro atoms. The minimum atomic E-state index is 0.354. The van der Waals surface area contributed by atoms with Crippen molar-refractivity contribution in [2.45, 2.75) is 18.4 Å². The number of nitrogens with zero attached hydrogens (tertiary/aromatic N) is 1. The second-order valence-electron chi connectivity index (χ2n) is 2.73. The van der Waals surface area contributed by atoms with Crippen LogP contribution in [0.2, 0.25) is 5.15 Å². The van der Waals surface area contributed by atoms with Crippen molar-refractivity contribution in [3.63, 3.8) is 0 Å². The Morgan fingerprint density at radius 2 is 2.36 bits per heavy atom. The van der Waals surface area contributed by atoms with Crippen molar-refractivity contribution in [3.05, 3.63) is 22.8 Å². The Bertz CT molecular complexity index is 342. The van der Waals surface area contributed by atoms with E-state index in [0.717, 1.165) is 22.8 Å². The molecule has 14 heavy (non-hydrogen) atoms. The van der Waals surface area contributed by atoms with Crippen molar-refractivity contribution in [1.29, 1.82) is 0 Å². The molecular weight excluding hydrogens is 236 g/mol. The summed E-state index contributed by atoms with van der Waals surface area (Å²) in [6.45, 7) is 2.12. The standard InChI is InChI=1S/C9H11ClN2S2/c1-2-3-14-8-5-6(9(11)13)4-7(10)12-8/h4-5H,2-3H2,1H3,(H2,11,13). The highest BCUT2D eigenvalue weighted by molar-refractivity contribution is 7.99. The number of aromatic nitrogens is 1. The monoisotopic (exact) mass is 246 g/mol. The highest BCUT2D eigenvalue weighted by Crippen LogP contribution is 2.20. The van der Waals surface area contributed by atoms with Crippen LogP contribution in [-0.4, -0.2) is 15.7 Å². The third kappa shape index (κ3) is 3.44. The molecule has 0 saturated heterocycles. The van der Waals surface area contributed by atoms with E-state index in [9.17, 15) is 0 Å². The lowest BCUT2D eigenvalue weighted by Crippen LogP contribution is -2.09. The third-order valence-electron chi connectivity index (χ3n) is 1.51. The van der Waals surface area contributed by atoms with Gasteiger partial charge in [-0.25, -0.2) is 4.98 Å². The maximum atomic E-state index is 5.83. The normalized spacial score (nSPS) is 10.1. The summed E-state index contributed by atoms with van der Waals surface area (Å²) in [7, 11) is 0. The number of pyridine rings is 1. The van der Waals surface area contributed by atoms with E-state index in [1.54, 1.807) is 17.8 Å². The molecule has 1 heterocycles. The number of hydrogen-bond acceptors (Lipinski definition) is 3. The topological polar surface area (TPSA) is 38.9 Å². The molecule has 1 aromatic heterocycles. The van der Waals surface area contributed by atoms with Crippen LogP contribution in [-0.2, 0) is 0 Å². The van der Waals surface area contributed by atoms with E-state index in [1.165, 1.54) is 0 Å². The van der Waals surface area contributed by atoms with Gasteiger partial charge < -0.3 is 5.73 Å². The zero-order valence-corrected chi connectivity index (χ0v) is 10.2. The number of halogens is 1. The molecule has 2 nitrogen and oxygen atoms in total. The van der Waals surface area contributed by atoms with Gasteiger partial charge in [0.05, 0.1) is 5.03 Å². The van der Waals surface area contributed by atoms with Crippen LogP contribution in [0.15, 0.2) is 17.2 Å². The SMILES string of the molecule is CCCSc1cc(C(N)=S)cc(Cl)n1. The highest BCUT2D eigenvalue weighted by Gasteiger charge is 2.03. The molecule has 0 atom stereocenters. The molecule has 0 fully saturated rings. The molecule has 1 aromatic rings. The lowest BCUT2D eigenvalue weighted by atomic mass is 10.3. The second kappa shape index (κ2) is 5.53. The van der Waals surface area contributed by atoms with E-state index in [2.05, 4.69) is 11.9 Å². The van der Waals surface area contributed by atoms with Gasteiger partial charge >= 0.3 is 0 Å². The molecule has 5 heteroatoms. The average molecular weight is 247 g/mol. The third-order valence-corrected chi connectivity index (χ3v) is 3.06. The lowest BCUT2D eigenvalue weighted by Gasteiger charge is -2.03. The molecule has 0 radical (unpaired) electrons. The van der Waals surface area contributed by atoms with Gasteiger partial charge in [-0.2, -0.15) is 0 Å². The van der Waals surface area contributed by atoms with Gasteiger partial charge in [-0.3, -0.25) is 0 Å². The summed E-state index contributed by atoms with van der Waals surface area (Å²) in [6, 6.07) is 3.55. The van der Waals surface area contributed by atoms with E-state index >= 15 is 0 Å². The Balaban J connectivity index is 2.89. The number of rotatable bonds is 4. The van der Waals surface area contributed by atoms with E-state index in [-0.39, 0.29) is 0 Å². The summed E-state index contributed by atoms with van der Waals surface area (Å²) >= 11 is 12.4. The van der Waals surface area contributed by atoms with Crippen LogP contribution in [0.25, 0.3) is 0 Å². The van der Waals surface area contributed by atoms with Gasteiger partial charge in [0.15, 0.2) is 0 Å². The van der Waals surface area contributed by atoms with Gasteiger partial charge in [0.1, 0.15) is 10.1 Å². The van der Waals surface area contributed by atoms with Crippen molar-refractivity contribution >= 4 is 40.6 Å². The molecule has 1 rings (SSSR count). The first-order valence-electron chi connectivity index (χ1n) is 4.23. The van der Waals surface area contributed by atoms with E-state index in [4.69, 9.17) is 29.6 Å². The van der Waals surface area contributed by atoms with E-state index in [1.807, 2.05) is 6.07 Å². The van der Waals surface area contributed by atoms with Gasteiger partial charge in [0, 0.05) is 5.56 Å². The Hall–Kier alpha value is -0.320. The van der Waals surface area contributed by atoms with Crippen molar-refractivity contribution in [3.8, 4) is 0 Å². The van der Waals surface area contributed by atoms with Crippen LogP contribution < -0.4 is 5.73 Å². The minimum absolute atomic E-state index is 0.354. The Kier molecular flexibility index (Phi) is 4.65. The fourth-order valence-electron chi connectivity index (χ4n) is 0.896. The van der Waals surface area contributed by atoms with Crippen LogP contribution >= 0.6 is 35.6 Å². The molecule has 76 valence electrons. The predicted octanol–water partition coefficient (Wildman–Crippen LogP) is 2.87. The van der Waals surface area contributed by atoms with Crippen LogP contribution in [0.1, 0.15) is 18.9 Å². The number of thioether (sulfide) groups is 1. The second-order valence-corrected chi connectivity index (χ2v) is 4.67. The first-order chi connectivity index (χ1) is 6.63. The summed E-state index contributed by atoms with van der Waals surface area (Å²) < 4.78 is 0. The molecule has 0 saturated carbocycles. The Morgan fingerprint density at radius 3 is 2.93 bits per heavy atom.